The van der Waals surface area contributed by atoms with Crippen molar-refractivity contribution in [2.45, 2.75) is 26.7 Å². The lowest BCUT2D eigenvalue weighted by Gasteiger charge is -2.15. The summed E-state index contributed by atoms with van der Waals surface area (Å²) < 4.78 is 5.42. The number of thiocarbonyl (C=S) groups is 1. The maximum Gasteiger partial charge on any atom is 0.257 e. The van der Waals surface area contributed by atoms with E-state index in [0.717, 1.165) is 29.8 Å². The number of ether oxygens (including phenoxy) is 1. The fourth-order valence-electron chi connectivity index (χ4n) is 2.71. The normalized spacial score (nSPS) is 12.8. The minimum atomic E-state index is -0.324. The monoisotopic (exact) mass is 397 g/mol. The second-order valence-corrected chi connectivity index (χ2v) is 7.02. The van der Waals surface area contributed by atoms with Gasteiger partial charge in [-0.3, -0.25) is 14.9 Å². The van der Waals surface area contributed by atoms with Gasteiger partial charge in [0.1, 0.15) is 5.75 Å². The highest BCUT2D eigenvalue weighted by atomic mass is 32.1. The van der Waals surface area contributed by atoms with Crippen molar-refractivity contribution in [2.24, 2.45) is 5.92 Å². The van der Waals surface area contributed by atoms with E-state index in [1.54, 1.807) is 24.3 Å². The lowest BCUT2D eigenvalue weighted by atomic mass is 10.1. The molecule has 28 heavy (non-hydrogen) atoms. The Bertz CT molecular complexity index is 910. The van der Waals surface area contributed by atoms with Crippen LogP contribution in [0, 0.1) is 12.8 Å². The van der Waals surface area contributed by atoms with Gasteiger partial charge in [-0.2, -0.15) is 0 Å². The van der Waals surface area contributed by atoms with E-state index in [-0.39, 0.29) is 22.8 Å². The zero-order valence-corrected chi connectivity index (χ0v) is 16.7. The summed E-state index contributed by atoms with van der Waals surface area (Å²) in [5, 5.41) is 8.82. The van der Waals surface area contributed by atoms with E-state index in [0.29, 0.717) is 17.9 Å². The van der Waals surface area contributed by atoms with E-state index in [1.165, 1.54) is 0 Å². The fourth-order valence-corrected chi connectivity index (χ4v) is 2.91. The Hall–Kier alpha value is -2.93. The molecule has 0 radical (unpaired) electrons. The molecular formula is C21H23N3O3S. The molecule has 1 aliphatic carbocycles. The minimum Gasteiger partial charge on any atom is -0.494 e. The highest BCUT2D eigenvalue weighted by Gasteiger charge is 2.29. The van der Waals surface area contributed by atoms with Crippen molar-refractivity contribution >= 4 is 40.5 Å². The lowest BCUT2D eigenvalue weighted by Crippen LogP contribution is -2.34. The first-order chi connectivity index (χ1) is 13.5. The van der Waals surface area contributed by atoms with Crippen molar-refractivity contribution < 1.29 is 14.3 Å². The maximum atomic E-state index is 12.4. The van der Waals surface area contributed by atoms with Crippen LogP contribution in [0.5, 0.6) is 5.75 Å². The Morgan fingerprint density at radius 3 is 2.46 bits per heavy atom. The molecule has 0 atom stereocenters. The van der Waals surface area contributed by atoms with Gasteiger partial charge in [-0.15, -0.1) is 0 Å². The van der Waals surface area contributed by atoms with Gasteiger partial charge in [0.25, 0.3) is 5.91 Å². The first-order valence-electron chi connectivity index (χ1n) is 9.23. The van der Waals surface area contributed by atoms with Gasteiger partial charge >= 0.3 is 0 Å². The SMILES string of the molecule is CCOc1cccc(C(=O)NC(=S)Nc2cccc(NC(=O)C3CC3)c2C)c1. The molecule has 1 saturated carbocycles. The van der Waals surface area contributed by atoms with E-state index in [4.69, 9.17) is 17.0 Å². The van der Waals surface area contributed by atoms with Crippen molar-refractivity contribution in [3.05, 3.63) is 53.6 Å². The van der Waals surface area contributed by atoms with Crippen molar-refractivity contribution in [3.63, 3.8) is 0 Å². The summed E-state index contributed by atoms with van der Waals surface area (Å²) in [6, 6.07) is 12.4. The number of carbonyl (C=O) groups excluding carboxylic acids is 2. The van der Waals surface area contributed by atoms with Crippen LogP contribution < -0.4 is 20.7 Å². The summed E-state index contributed by atoms with van der Waals surface area (Å²) in [4.78, 5) is 24.4. The van der Waals surface area contributed by atoms with Gasteiger partial charge < -0.3 is 15.4 Å². The van der Waals surface area contributed by atoms with E-state index in [1.807, 2.05) is 32.0 Å². The number of hydrogen-bond donors (Lipinski definition) is 3. The van der Waals surface area contributed by atoms with E-state index in [9.17, 15) is 9.59 Å². The number of nitrogens with one attached hydrogen (secondary N) is 3. The van der Waals surface area contributed by atoms with E-state index >= 15 is 0 Å². The predicted octanol–water partition coefficient (Wildman–Crippen LogP) is 3.87. The molecular weight excluding hydrogens is 374 g/mol. The Morgan fingerprint density at radius 2 is 1.79 bits per heavy atom. The van der Waals surface area contributed by atoms with Gasteiger partial charge in [-0.05, 0) is 74.8 Å². The summed E-state index contributed by atoms with van der Waals surface area (Å²) in [5.74, 6) is 0.480. The number of anilines is 2. The van der Waals surface area contributed by atoms with Crippen LogP contribution in [0.15, 0.2) is 42.5 Å². The summed E-state index contributed by atoms with van der Waals surface area (Å²) in [6.07, 6.45) is 1.90. The van der Waals surface area contributed by atoms with Crippen LogP contribution in [-0.2, 0) is 4.79 Å². The van der Waals surface area contributed by atoms with Gasteiger partial charge in [0, 0.05) is 22.9 Å². The van der Waals surface area contributed by atoms with Crippen LogP contribution in [0.25, 0.3) is 0 Å². The van der Waals surface area contributed by atoms with Crippen molar-refractivity contribution in [1.82, 2.24) is 5.32 Å². The first-order valence-corrected chi connectivity index (χ1v) is 9.64. The Morgan fingerprint density at radius 1 is 1.11 bits per heavy atom. The molecule has 7 heteroatoms. The van der Waals surface area contributed by atoms with Gasteiger partial charge in [0.05, 0.1) is 6.61 Å². The zero-order chi connectivity index (χ0) is 20.1. The first kappa shape index (κ1) is 19.8. The second-order valence-electron chi connectivity index (χ2n) is 6.61. The maximum absolute atomic E-state index is 12.4. The number of rotatable bonds is 6. The van der Waals surface area contributed by atoms with Crippen LogP contribution in [0.3, 0.4) is 0 Å². The molecule has 0 spiro atoms. The number of benzene rings is 2. The molecule has 146 valence electrons. The van der Waals surface area contributed by atoms with Crippen LogP contribution in [-0.4, -0.2) is 23.5 Å². The third-order valence-corrected chi connectivity index (χ3v) is 4.63. The second kappa shape index (κ2) is 8.84. The molecule has 3 N–H and O–H groups in total. The highest BCUT2D eigenvalue weighted by Crippen LogP contribution is 2.31. The Kier molecular flexibility index (Phi) is 6.26. The molecule has 2 aromatic carbocycles. The molecule has 0 aliphatic heterocycles. The third-order valence-electron chi connectivity index (χ3n) is 4.42. The standard InChI is InChI=1S/C21H23N3O3S/c1-3-27-16-7-4-6-15(12-16)20(26)24-21(28)23-18-9-5-8-17(13(18)2)22-19(25)14-10-11-14/h4-9,12,14H,3,10-11H2,1-2H3,(H,22,25)(H2,23,24,26,28). The van der Waals surface area contributed by atoms with Crippen LogP contribution in [0.4, 0.5) is 11.4 Å². The molecule has 6 nitrogen and oxygen atoms in total. The summed E-state index contributed by atoms with van der Waals surface area (Å²) in [5.41, 5.74) is 2.77. The average Bonchev–Trinajstić information content (AvgIpc) is 3.51. The molecule has 0 heterocycles. The largest absolute Gasteiger partial charge is 0.494 e. The fraction of sp³-hybridized carbons (Fsp3) is 0.286. The third kappa shape index (κ3) is 5.07. The van der Waals surface area contributed by atoms with Gasteiger partial charge in [-0.25, -0.2) is 0 Å². The van der Waals surface area contributed by atoms with Crippen LogP contribution >= 0.6 is 12.2 Å². The van der Waals surface area contributed by atoms with Gasteiger partial charge in [0.15, 0.2) is 5.11 Å². The molecule has 1 aliphatic rings. The van der Waals surface area contributed by atoms with Crippen molar-refractivity contribution in [2.75, 3.05) is 17.2 Å². The van der Waals surface area contributed by atoms with Gasteiger partial charge in [0.2, 0.25) is 5.91 Å². The molecule has 1 fully saturated rings. The molecule has 0 unspecified atom stereocenters. The predicted molar refractivity (Wildman–Crippen MR) is 114 cm³/mol. The van der Waals surface area contributed by atoms with Crippen LogP contribution in [0.2, 0.25) is 0 Å². The number of hydrogen-bond acceptors (Lipinski definition) is 4. The topological polar surface area (TPSA) is 79.5 Å². The average molecular weight is 398 g/mol. The Balaban J connectivity index is 1.63. The van der Waals surface area contributed by atoms with Crippen molar-refractivity contribution in [3.8, 4) is 5.75 Å². The smallest absolute Gasteiger partial charge is 0.257 e. The van der Waals surface area contributed by atoms with E-state index in [2.05, 4.69) is 16.0 Å². The quantitative estimate of drug-likeness (QED) is 0.645. The summed E-state index contributed by atoms with van der Waals surface area (Å²) in [6.45, 7) is 4.30. The Labute approximate surface area is 169 Å². The lowest BCUT2D eigenvalue weighted by molar-refractivity contribution is -0.117. The molecule has 0 aromatic heterocycles. The molecule has 3 rings (SSSR count). The minimum absolute atomic E-state index is 0.0466. The molecule has 2 aromatic rings. The van der Waals surface area contributed by atoms with Gasteiger partial charge in [-0.1, -0.05) is 12.1 Å². The molecule has 2 amide bonds. The summed E-state index contributed by atoms with van der Waals surface area (Å²) >= 11 is 5.28. The molecule has 0 saturated heterocycles. The highest BCUT2D eigenvalue weighted by molar-refractivity contribution is 7.80. The molecule has 0 bridgehead atoms. The van der Waals surface area contributed by atoms with Crippen molar-refractivity contribution in [1.29, 1.82) is 0 Å². The van der Waals surface area contributed by atoms with Crippen LogP contribution in [0.1, 0.15) is 35.7 Å². The van der Waals surface area contributed by atoms with E-state index < -0.39 is 0 Å². The zero-order valence-electron chi connectivity index (χ0n) is 15.9. The number of carbonyl (C=O) groups is 2. The number of amides is 2. The summed E-state index contributed by atoms with van der Waals surface area (Å²) in [7, 11) is 0.